The fraction of sp³-hybridized carbons (Fsp3) is 0.273. The lowest BCUT2D eigenvalue weighted by molar-refractivity contribution is 0.281. The van der Waals surface area contributed by atoms with E-state index in [1.165, 1.54) is 6.07 Å². The zero-order valence-electron chi connectivity index (χ0n) is 10.5. The largest absolute Gasteiger partial charge is 0.392 e. The molecule has 1 aromatic carbocycles. The Labute approximate surface area is 124 Å². The molecule has 0 atom stereocenters. The van der Waals surface area contributed by atoms with Gasteiger partial charge in [0.05, 0.1) is 18.0 Å². The van der Waals surface area contributed by atoms with E-state index in [1.54, 1.807) is 19.1 Å². The van der Waals surface area contributed by atoms with Gasteiger partial charge in [0, 0.05) is 11.4 Å². The summed E-state index contributed by atoms with van der Waals surface area (Å²) in [4.78, 5) is 3.95. The maximum absolute atomic E-state index is 12.2. The van der Waals surface area contributed by atoms with Crippen LogP contribution in [0, 0.1) is 6.92 Å². The van der Waals surface area contributed by atoms with Crippen molar-refractivity contribution in [3.63, 3.8) is 0 Å². The van der Waals surface area contributed by atoms with E-state index in [4.69, 9.17) is 9.63 Å². The fourth-order valence-electron chi connectivity index (χ4n) is 1.50. The van der Waals surface area contributed by atoms with Gasteiger partial charge in [-0.1, -0.05) is 11.2 Å². The smallest absolute Gasteiger partial charge is 0.242 e. The molecular weight excluding hydrogens is 350 g/mol. The zero-order valence-corrected chi connectivity index (χ0v) is 12.9. The van der Waals surface area contributed by atoms with Crippen molar-refractivity contribution in [3.8, 4) is 0 Å². The maximum atomic E-state index is 12.2. The van der Waals surface area contributed by atoms with Crippen LogP contribution in [-0.4, -0.2) is 23.7 Å². The highest BCUT2D eigenvalue weighted by atomic mass is 79.9. The lowest BCUT2D eigenvalue weighted by Gasteiger charge is -2.08. The summed E-state index contributed by atoms with van der Waals surface area (Å²) in [6, 6.07) is 4.60. The number of benzene rings is 1. The number of aliphatic hydroxyl groups is 1. The molecule has 2 aromatic rings. The van der Waals surface area contributed by atoms with Gasteiger partial charge in [0.2, 0.25) is 15.9 Å². The lowest BCUT2D eigenvalue weighted by Crippen LogP contribution is -2.24. The van der Waals surface area contributed by atoms with Crippen molar-refractivity contribution in [2.75, 3.05) is 0 Å². The molecule has 0 unspecified atom stereocenters. The van der Waals surface area contributed by atoms with Crippen LogP contribution < -0.4 is 4.72 Å². The SMILES string of the molecule is Cc1nc(CNS(=O)(=O)c2cc(CO)ccc2Br)no1. The average molecular weight is 362 g/mol. The molecular formula is C11H12BrN3O4S. The molecule has 0 saturated heterocycles. The van der Waals surface area contributed by atoms with Crippen LogP contribution in [-0.2, 0) is 23.2 Å². The van der Waals surface area contributed by atoms with Crippen molar-refractivity contribution in [1.29, 1.82) is 0 Å². The van der Waals surface area contributed by atoms with Crippen LogP contribution >= 0.6 is 15.9 Å². The summed E-state index contributed by atoms with van der Waals surface area (Å²) in [5.74, 6) is 0.614. The molecule has 0 amide bonds. The molecule has 0 bridgehead atoms. The number of nitrogens with zero attached hydrogens (tertiary/aromatic N) is 2. The molecule has 2 N–H and O–H groups in total. The highest BCUT2D eigenvalue weighted by Crippen LogP contribution is 2.23. The predicted octanol–water partition coefficient (Wildman–Crippen LogP) is 1.11. The number of hydrogen-bond donors (Lipinski definition) is 2. The number of sulfonamides is 1. The fourth-order valence-corrected chi connectivity index (χ4v) is 3.49. The molecule has 2 rings (SSSR count). The Morgan fingerprint density at radius 2 is 2.20 bits per heavy atom. The van der Waals surface area contributed by atoms with Crippen LogP contribution in [0.15, 0.2) is 32.1 Å². The molecule has 108 valence electrons. The van der Waals surface area contributed by atoms with E-state index in [2.05, 4.69) is 30.8 Å². The van der Waals surface area contributed by atoms with Crippen molar-refractivity contribution in [2.24, 2.45) is 0 Å². The van der Waals surface area contributed by atoms with Gasteiger partial charge in [-0.05, 0) is 33.6 Å². The third-order valence-electron chi connectivity index (χ3n) is 2.46. The van der Waals surface area contributed by atoms with Crippen LogP contribution in [0.2, 0.25) is 0 Å². The molecule has 9 heteroatoms. The van der Waals surface area contributed by atoms with Gasteiger partial charge in [0.1, 0.15) is 0 Å². The van der Waals surface area contributed by atoms with Gasteiger partial charge in [0.25, 0.3) is 0 Å². The van der Waals surface area contributed by atoms with E-state index in [9.17, 15) is 8.42 Å². The van der Waals surface area contributed by atoms with Gasteiger partial charge in [-0.3, -0.25) is 0 Å². The third-order valence-corrected chi connectivity index (χ3v) is 4.85. The van der Waals surface area contributed by atoms with Crippen molar-refractivity contribution in [3.05, 3.63) is 40.0 Å². The summed E-state index contributed by atoms with van der Waals surface area (Å²) in [6.45, 7) is 1.31. The molecule has 0 spiro atoms. The summed E-state index contributed by atoms with van der Waals surface area (Å²) in [7, 11) is -3.74. The van der Waals surface area contributed by atoms with Crippen LogP contribution in [0.5, 0.6) is 0 Å². The Hall–Kier alpha value is -1.29. The Morgan fingerprint density at radius 1 is 1.45 bits per heavy atom. The van der Waals surface area contributed by atoms with Crippen LogP contribution in [0.25, 0.3) is 0 Å². The number of halogens is 1. The summed E-state index contributed by atoms with van der Waals surface area (Å²) in [6.07, 6.45) is 0. The van der Waals surface area contributed by atoms with Crippen LogP contribution in [0.1, 0.15) is 17.3 Å². The molecule has 7 nitrogen and oxygen atoms in total. The summed E-state index contributed by atoms with van der Waals surface area (Å²) in [5, 5.41) is 12.7. The Kier molecular flexibility index (Phi) is 4.53. The first-order valence-electron chi connectivity index (χ1n) is 5.60. The van der Waals surface area contributed by atoms with Crippen molar-refractivity contribution in [1.82, 2.24) is 14.9 Å². The molecule has 20 heavy (non-hydrogen) atoms. The van der Waals surface area contributed by atoms with Gasteiger partial charge in [-0.15, -0.1) is 0 Å². The molecule has 1 heterocycles. The first-order valence-corrected chi connectivity index (χ1v) is 7.88. The highest BCUT2D eigenvalue weighted by molar-refractivity contribution is 9.10. The second-order valence-electron chi connectivity index (χ2n) is 3.98. The van der Waals surface area contributed by atoms with E-state index in [1.807, 2.05) is 0 Å². The second-order valence-corrected chi connectivity index (χ2v) is 6.57. The van der Waals surface area contributed by atoms with Gasteiger partial charge >= 0.3 is 0 Å². The Morgan fingerprint density at radius 3 is 2.80 bits per heavy atom. The molecule has 0 saturated carbocycles. The van der Waals surface area contributed by atoms with Gasteiger partial charge in [0.15, 0.2) is 5.82 Å². The van der Waals surface area contributed by atoms with Gasteiger partial charge < -0.3 is 9.63 Å². The third kappa shape index (κ3) is 3.42. The normalized spacial score (nSPS) is 11.8. The predicted molar refractivity (Wildman–Crippen MR) is 73.1 cm³/mol. The first kappa shape index (κ1) is 15.1. The molecule has 1 aromatic heterocycles. The van der Waals surface area contributed by atoms with Gasteiger partial charge in [-0.2, -0.15) is 4.98 Å². The van der Waals surface area contributed by atoms with E-state index in [0.717, 1.165) is 0 Å². The average Bonchev–Trinajstić information content (AvgIpc) is 2.83. The summed E-state index contributed by atoms with van der Waals surface area (Å²) < 4.78 is 31.9. The van der Waals surface area contributed by atoms with Crippen molar-refractivity contribution < 1.29 is 18.0 Å². The summed E-state index contributed by atoms with van der Waals surface area (Å²) >= 11 is 3.18. The first-order chi connectivity index (χ1) is 9.42. The molecule has 0 fully saturated rings. The van der Waals surface area contributed by atoms with Crippen molar-refractivity contribution >= 4 is 26.0 Å². The molecule has 0 aliphatic rings. The highest BCUT2D eigenvalue weighted by Gasteiger charge is 2.19. The molecule has 0 aliphatic carbocycles. The number of nitrogens with one attached hydrogen (secondary N) is 1. The topological polar surface area (TPSA) is 105 Å². The van der Waals surface area contributed by atoms with Crippen LogP contribution in [0.4, 0.5) is 0 Å². The lowest BCUT2D eigenvalue weighted by atomic mass is 10.2. The van der Waals surface area contributed by atoms with E-state index >= 15 is 0 Å². The standard InChI is InChI=1S/C11H12BrN3O4S/c1-7-14-11(15-19-7)5-13-20(17,18)10-4-8(6-16)2-3-9(10)12/h2-4,13,16H,5-6H2,1H3. The minimum atomic E-state index is -3.74. The monoisotopic (exact) mass is 361 g/mol. The van der Waals surface area contributed by atoms with E-state index in [0.29, 0.717) is 15.9 Å². The van der Waals surface area contributed by atoms with Crippen molar-refractivity contribution in [2.45, 2.75) is 25.0 Å². The number of rotatable bonds is 5. The minimum absolute atomic E-state index is 0.0456. The Bertz CT molecular complexity index is 714. The number of aryl methyl sites for hydroxylation is 1. The molecule has 0 radical (unpaired) electrons. The van der Waals surface area contributed by atoms with E-state index in [-0.39, 0.29) is 23.9 Å². The number of aliphatic hydroxyl groups excluding tert-OH is 1. The second kappa shape index (κ2) is 6.00. The van der Waals surface area contributed by atoms with Gasteiger partial charge in [-0.25, -0.2) is 13.1 Å². The number of aromatic nitrogens is 2. The minimum Gasteiger partial charge on any atom is -0.392 e. The quantitative estimate of drug-likeness (QED) is 0.826. The Balaban J connectivity index is 2.21. The number of hydrogen-bond acceptors (Lipinski definition) is 6. The molecule has 0 aliphatic heterocycles. The maximum Gasteiger partial charge on any atom is 0.242 e. The summed E-state index contributed by atoms with van der Waals surface area (Å²) in [5.41, 5.74) is 0.504. The van der Waals surface area contributed by atoms with E-state index < -0.39 is 10.0 Å². The van der Waals surface area contributed by atoms with Crippen LogP contribution in [0.3, 0.4) is 0 Å². The zero-order chi connectivity index (χ0) is 14.8.